The third kappa shape index (κ3) is 3.47. The third-order valence-corrected chi connectivity index (χ3v) is 6.33. The van der Waals surface area contributed by atoms with Crippen LogP contribution < -0.4 is 14.8 Å². The lowest BCUT2D eigenvalue weighted by Crippen LogP contribution is -2.38. The molecule has 3 heterocycles. The molecule has 2 aromatic rings. The molecular formula is C18H16N2O7S2. The Bertz CT molecular complexity index is 1150. The number of hydrogen-bond donors (Lipinski definition) is 1. The molecule has 4 rings (SSSR count). The SMILES string of the molecule is CC(=O)Nc1scc2c1C(=O)N([C@@H](CS(C)(=O)=O)c1ccc3c(c1)OCO3)C2=O. The Morgan fingerprint density at radius 1 is 1.24 bits per heavy atom. The average Bonchev–Trinajstić information content (AvgIpc) is 3.30. The van der Waals surface area contributed by atoms with E-state index >= 15 is 0 Å². The molecule has 3 amide bonds. The highest BCUT2D eigenvalue weighted by atomic mass is 32.2. The average molecular weight is 436 g/mol. The van der Waals surface area contributed by atoms with E-state index in [0.29, 0.717) is 17.1 Å². The summed E-state index contributed by atoms with van der Waals surface area (Å²) >= 11 is 1.07. The predicted molar refractivity (Wildman–Crippen MR) is 104 cm³/mol. The van der Waals surface area contributed by atoms with Crippen LogP contribution in [0.1, 0.15) is 39.2 Å². The lowest BCUT2D eigenvalue weighted by Gasteiger charge is -2.26. The molecule has 1 aromatic carbocycles. The summed E-state index contributed by atoms with van der Waals surface area (Å²) in [6, 6.07) is 3.72. The summed E-state index contributed by atoms with van der Waals surface area (Å²) in [5.74, 6) is -1.18. The molecule has 0 saturated carbocycles. The molecule has 0 aliphatic carbocycles. The van der Waals surface area contributed by atoms with E-state index < -0.39 is 33.4 Å². The van der Waals surface area contributed by atoms with Crippen LogP contribution in [0.5, 0.6) is 11.5 Å². The van der Waals surface area contributed by atoms with Crippen molar-refractivity contribution in [3.63, 3.8) is 0 Å². The lowest BCUT2D eigenvalue weighted by molar-refractivity contribution is -0.114. The Morgan fingerprint density at radius 2 is 1.97 bits per heavy atom. The summed E-state index contributed by atoms with van der Waals surface area (Å²) in [4.78, 5) is 38.4. The maximum atomic E-state index is 13.1. The van der Waals surface area contributed by atoms with Gasteiger partial charge in [0.05, 0.1) is 22.9 Å². The highest BCUT2D eigenvalue weighted by molar-refractivity contribution is 7.90. The van der Waals surface area contributed by atoms with Crippen molar-refractivity contribution in [2.45, 2.75) is 13.0 Å². The van der Waals surface area contributed by atoms with Crippen molar-refractivity contribution in [1.29, 1.82) is 0 Å². The van der Waals surface area contributed by atoms with E-state index in [0.717, 1.165) is 22.5 Å². The van der Waals surface area contributed by atoms with Crippen molar-refractivity contribution in [2.24, 2.45) is 0 Å². The van der Waals surface area contributed by atoms with Gasteiger partial charge in [-0.05, 0) is 17.7 Å². The first-order valence-electron chi connectivity index (χ1n) is 8.50. The number of benzene rings is 1. The smallest absolute Gasteiger partial charge is 0.265 e. The fourth-order valence-electron chi connectivity index (χ4n) is 3.33. The number of ether oxygens (including phenoxy) is 2. The number of carbonyl (C=O) groups excluding carboxylic acids is 3. The van der Waals surface area contributed by atoms with Crippen LogP contribution >= 0.6 is 11.3 Å². The van der Waals surface area contributed by atoms with E-state index in [4.69, 9.17) is 9.47 Å². The third-order valence-electron chi connectivity index (χ3n) is 4.52. The van der Waals surface area contributed by atoms with E-state index in [1.54, 1.807) is 18.2 Å². The molecule has 29 heavy (non-hydrogen) atoms. The number of sulfone groups is 1. The molecule has 1 atom stereocenters. The number of nitrogens with one attached hydrogen (secondary N) is 1. The molecule has 0 bridgehead atoms. The number of rotatable bonds is 5. The van der Waals surface area contributed by atoms with Gasteiger partial charge >= 0.3 is 0 Å². The summed E-state index contributed by atoms with van der Waals surface area (Å²) < 4.78 is 34.8. The Labute approximate surface area is 170 Å². The van der Waals surface area contributed by atoms with Crippen molar-refractivity contribution in [3.05, 3.63) is 40.3 Å². The van der Waals surface area contributed by atoms with Gasteiger partial charge in [0.2, 0.25) is 12.7 Å². The maximum Gasteiger partial charge on any atom is 0.265 e. The summed E-state index contributed by atoms with van der Waals surface area (Å²) in [6.45, 7) is 1.33. The van der Waals surface area contributed by atoms with Gasteiger partial charge in [-0.25, -0.2) is 8.42 Å². The maximum absolute atomic E-state index is 13.1. The van der Waals surface area contributed by atoms with Crippen LogP contribution in [0.25, 0.3) is 0 Å². The highest BCUT2D eigenvalue weighted by Gasteiger charge is 2.44. The molecule has 2 aliphatic rings. The number of nitrogens with zero attached hydrogens (tertiary/aromatic N) is 1. The summed E-state index contributed by atoms with van der Waals surface area (Å²) in [5.41, 5.74) is 0.647. The fourth-order valence-corrected chi connectivity index (χ4v) is 5.22. The largest absolute Gasteiger partial charge is 0.454 e. The zero-order chi connectivity index (χ0) is 20.9. The number of imide groups is 1. The van der Waals surface area contributed by atoms with Gasteiger partial charge in [0.1, 0.15) is 14.8 Å². The number of carbonyl (C=O) groups is 3. The second kappa shape index (κ2) is 6.85. The second-order valence-corrected chi connectivity index (χ2v) is 9.80. The Hall–Kier alpha value is -2.92. The molecule has 11 heteroatoms. The monoisotopic (exact) mass is 436 g/mol. The molecule has 0 radical (unpaired) electrons. The fraction of sp³-hybridized carbons (Fsp3) is 0.278. The van der Waals surface area contributed by atoms with Crippen LogP contribution in [0.15, 0.2) is 23.6 Å². The molecule has 2 aliphatic heterocycles. The first-order chi connectivity index (χ1) is 13.7. The first-order valence-corrected chi connectivity index (χ1v) is 11.4. The zero-order valence-corrected chi connectivity index (χ0v) is 17.1. The molecule has 0 fully saturated rings. The molecule has 1 aromatic heterocycles. The summed E-state index contributed by atoms with van der Waals surface area (Å²) in [6.07, 6.45) is 1.04. The molecule has 1 N–H and O–H groups in total. The first kappa shape index (κ1) is 19.4. The second-order valence-electron chi connectivity index (χ2n) is 6.74. The number of anilines is 1. The van der Waals surface area contributed by atoms with Crippen molar-refractivity contribution in [1.82, 2.24) is 4.90 Å². The van der Waals surface area contributed by atoms with E-state index in [1.165, 1.54) is 12.3 Å². The normalized spacial score (nSPS) is 16.1. The van der Waals surface area contributed by atoms with Gasteiger partial charge in [-0.3, -0.25) is 19.3 Å². The van der Waals surface area contributed by atoms with Gasteiger partial charge in [0, 0.05) is 18.6 Å². The topological polar surface area (TPSA) is 119 Å². The van der Waals surface area contributed by atoms with Crippen LogP contribution in [0, 0.1) is 0 Å². The van der Waals surface area contributed by atoms with Gasteiger partial charge in [0.25, 0.3) is 11.8 Å². The number of amides is 3. The molecule has 9 nitrogen and oxygen atoms in total. The molecule has 0 saturated heterocycles. The minimum Gasteiger partial charge on any atom is -0.454 e. The van der Waals surface area contributed by atoms with Crippen molar-refractivity contribution in [3.8, 4) is 11.5 Å². The van der Waals surface area contributed by atoms with E-state index in [-0.39, 0.29) is 28.8 Å². The van der Waals surface area contributed by atoms with Crippen molar-refractivity contribution in [2.75, 3.05) is 24.1 Å². The Kier molecular flexibility index (Phi) is 4.58. The summed E-state index contributed by atoms with van der Waals surface area (Å²) in [7, 11) is -3.55. The number of hydrogen-bond acceptors (Lipinski definition) is 8. The quantitative estimate of drug-likeness (QED) is 0.710. The van der Waals surface area contributed by atoms with E-state index in [9.17, 15) is 22.8 Å². The van der Waals surface area contributed by atoms with Crippen LogP contribution in [-0.4, -0.2) is 49.8 Å². The minimum absolute atomic E-state index is 0.0359. The Balaban J connectivity index is 1.77. The van der Waals surface area contributed by atoms with Crippen LogP contribution in [0.4, 0.5) is 5.00 Å². The van der Waals surface area contributed by atoms with Gasteiger partial charge in [-0.15, -0.1) is 11.3 Å². The standard InChI is InChI=1S/C18H16N2O7S2/c1-9(21)19-16-15-11(6-28-16)17(22)20(18(15)23)12(7-29(2,24)25)10-3-4-13-14(5-10)27-8-26-13/h3-6,12H,7-8H2,1-2H3,(H,19,21)/t12-/m0/s1. The molecule has 152 valence electrons. The van der Waals surface area contributed by atoms with Gasteiger partial charge < -0.3 is 14.8 Å². The zero-order valence-electron chi connectivity index (χ0n) is 15.4. The van der Waals surface area contributed by atoms with Crippen LogP contribution in [-0.2, 0) is 14.6 Å². The van der Waals surface area contributed by atoms with Gasteiger partial charge in [-0.2, -0.15) is 0 Å². The van der Waals surface area contributed by atoms with Crippen LogP contribution in [0.2, 0.25) is 0 Å². The van der Waals surface area contributed by atoms with Gasteiger partial charge in [-0.1, -0.05) is 6.07 Å². The van der Waals surface area contributed by atoms with Crippen LogP contribution in [0.3, 0.4) is 0 Å². The molecule has 0 unspecified atom stereocenters. The number of fused-ring (bicyclic) bond motifs is 2. The van der Waals surface area contributed by atoms with Crippen molar-refractivity contribution >= 4 is 43.9 Å². The molecular weight excluding hydrogens is 420 g/mol. The van der Waals surface area contributed by atoms with E-state index in [2.05, 4.69) is 5.32 Å². The van der Waals surface area contributed by atoms with Gasteiger partial charge in [0.15, 0.2) is 11.5 Å². The highest BCUT2D eigenvalue weighted by Crippen LogP contribution is 2.41. The molecule has 0 spiro atoms. The van der Waals surface area contributed by atoms with Crippen molar-refractivity contribution < 1.29 is 32.3 Å². The van der Waals surface area contributed by atoms with E-state index in [1.807, 2.05) is 0 Å². The summed E-state index contributed by atoms with van der Waals surface area (Å²) in [5, 5.41) is 4.29. The minimum atomic E-state index is -3.55. The predicted octanol–water partition coefficient (Wildman–Crippen LogP) is 1.82. The Morgan fingerprint density at radius 3 is 2.66 bits per heavy atom. The number of thiophene rings is 1. The lowest BCUT2D eigenvalue weighted by atomic mass is 10.1.